The maximum atomic E-state index is 14.4. The Hall–Kier alpha value is -2.36. The van der Waals surface area contributed by atoms with E-state index in [9.17, 15) is 12.8 Å². The van der Waals surface area contributed by atoms with Gasteiger partial charge in [0.25, 0.3) is 0 Å². The van der Waals surface area contributed by atoms with Crippen LogP contribution in [0.5, 0.6) is 0 Å². The third kappa shape index (κ3) is 3.23. The molecule has 7 nitrogen and oxygen atoms in total. The van der Waals surface area contributed by atoms with Crippen LogP contribution in [0.4, 0.5) is 4.39 Å². The van der Waals surface area contributed by atoms with Crippen molar-refractivity contribution in [2.24, 2.45) is 0 Å². The minimum Gasteiger partial charge on any atom is -0.297 e. The molecule has 5 rings (SSSR count). The van der Waals surface area contributed by atoms with Gasteiger partial charge in [-0.05, 0) is 43.7 Å². The Labute approximate surface area is 168 Å². The van der Waals surface area contributed by atoms with Crippen LogP contribution in [0.3, 0.4) is 0 Å². The van der Waals surface area contributed by atoms with Crippen molar-refractivity contribution >= 4 is 21.1 Å². The van der Waals surface area contributed by atoms with E-state index in [1.165, 1.54) is 22.5 Å². The van der Waals surface area contributed by atoms with Gasteiger partial charge in [-0.2, -0.15) is 4.31 Å². The largest absolute Gasteiger partial charge is 0.297 e. The molecule has 2 aliphatic rings. The molecule has 0 bridgehead atoms. The van der Waals surface area contributed by atoms with Crippen molar-refractivity contribution < 1.29 is 12.8 Å². The highest BCUT2D eigenvalue weighted by Crippen LogP contribution is 2.31. The molecule has 0 aliphatic carbocycles. The van der Waals surface area contributed by atoms with Crippen LogP contribution in [-0.2, 0) is 16.6 Å². The van der Waals surface area contributed by atoms with Gasteiger partial charge in [-0.1, -0.05) is 29.5 Å². The Bertz CT molecular complexity index is 1150. The standard InChI is InChI=1S/C20H22FN5O2S/c21-17-7-1-4-10-20(17)29(27,28)26-14-15-6-5-11-24(15)12-16(26)13-25-19-9-3-2-8-18(19)22-23-25/h1-4,7-10,15-16H,5-6,11-14H2. The first-order chi connectivity index (χ1) is 14.0. The molecular weight excluding hydrogens is 393 g/mol. The van der Waals surface area contributed by atoms with Crippen LogP contribution < -0.4 is 0 Å². The molecule has 2 unspecified atom stereocenters. The lowest BCUT2D eigenvalue weighted by molar-refractivity contribution is 0.0976. The SMILES string of the molecule is O=S(=O)(c1ccccc1F)N1CC2CCCN2CC1Cn1nnc2ccccc21. The van der Waals surface area contributed by atoms with E-state index in [1.807, 2.05) is 24.3 Å². The minimum absolute atomic E-state index is 0.181. The Morgan fingerprint density at radius 1 is 1.07 bits per heavy atom. The number of halogens is 1. The summed E-state index contributed by atoms with van der Waals surface area (Å²) in [6, 6.07) is 13.0. The van der Waals surface area contributed by atoms with E-state index in [0.29, 0.717) is 19.6 Å². The summed E-state index contributed by atoms with van der Waals surface area (Å²) in [5, 5.41) is 8.42. The number of fused-ring (bicyclic) bond motifs is 2. The van der Waals surface area contributed by atoms with Gasteiger partial charge in [-0.15, -0.1) is 5.10 Å². The van der Waals surface area contributed by atoms with Crippen molar-refractivity contribution in [3.05, 3.63) is 54.3 Å². The molecule has 2 aromatic carbocycles. The highest BCUT2D eigenvalue weighted by atomic mass is 32.2. The zero-order valence-electron chi connectivity index (χ0n) is 15.9. The number of para-hydroxylation sites is 1. The smallest absolute Gasteiger partial charge is 0.246 e. The number of hydrogen-bond donors (Lipinski definition) is 0. The third-order valence-electron chi connectivity index (χ3n) is 5.97. The van der Waals surface area contributed by atoms with Crippen LogP contribution in [0.15, 0.2) is 53.4 Å². The summed E-state index contributed by atoms with van der Waals surface area (Å²) in [6.45, 7) is 2.31. The second-order valence-electron chi connectivity index (χ2n) is 7.71. The molecule has 9 heteroatoms. The monoisotopic (exact) mass is 415 g/mol. The van der Waals surface area contributed by atoms with Crippen molar-refractivity contribution in [3.8, 4) is 0 Å². The molecule has 152 valence electrons. The fourth-order valence-electron chi connectivity index (χ4n) is 4.54. The van der Waals surface area contributed by atoms with Crippen molar-refractivity contribution in [2.45, 2.75) is 36.4 Å². The zero-order valence-corrected chi connectivity index (χ0v) is 16.7. The van der Waals surface area contributed by atoms with E-state index in [0.717, 1.165) is 30.4 Å². The molecule has 2 saturated heterocycles. The fraction of sp³-hybridized carbons (Fsp3) is 0.400. The number of hydrogen-bond acceptors (Lipinski definition) is 5. The van der Waals surface area contributed by atoms with Gasteiger partial charge in [0.05, 0.1) is 18.1 Å². The number of nitrogens with zero attached hydrogens (tertiary/aromatic N) is 5. The molecule has 2 fully saturated rings. The summed E-state index contributed by atoms with van der Waals surface area (Å²) in [7, 11) is -3.97. The van der Waals surface area contributed by atoms with Crippen LogP contribution in [0.1, 0.15) is 12.8 Å². The van der Waals surface area contributed by atoms with Gasteiger partial charge in [0.1, 0.15) is 16.2 Å². The molecular formula is C20H22FN5O2S. The number of benzene rings is 2. The van der Waals surface area contributed by atoms with E-state index >= 15 is 0 Å². The summed E-state index contributed by atoms with van der Waals surface area (Å²) in [5.41, 5.74) is 1.63. The summed E-state index contributed by atoms with van der Waals surface area (Å²) in [4.78, 5) is 2.08. The molecule has 0 saturated carbocycles. The Morgan fingerprint density at radius 2 is 1.86 bits per heavy atom. The van der Waals surface area contributed by atoms with Gasteiger partial charge >= 0.3 is 0 Å². The molecule has 0 spiro atoms. The second-order valence-corrected chi connectivity index (χ2v) is 9.57. The number of piperazine rings is 1. The number of rotatable bonds is 4. The average molecular weight is 415 g/mol. The van der Waals surface area contributed by atoms with Gasteiger partial charge < -0.3 is 0 Å². The Kier molecular flexibility index (Phi) is 4.60. The summed E-state index contributed by atoms with van der Waals surface area (Å²) < 4.78 is 44.5. The molecule has 2 aliphatic heterocycles. The quantitative estimate of drug-likeness (QED) is 0.653. The lowest BCUT2D eigenvalue weighted by Gasteiger charge is -2.42. The van der Waals surface area contributed by atoms with Gasteiger partial charge in [0.2, 0.25) is 10.0 Å². The van der Waals surface area contributed by atoms with Crippen molar-refractivity contribution in [2.75, 3.05) is 19.6 Å². The van der Waals surface area contributed by atoms with Crippen LogP contribution >= 0.6 is 0 Å². The lowest BCUT2D eigenvalue weighted by atomic mass is 10.1. The number of aromatic nitrogens is 3. The third-order valence-corrected chi connectivity index (χ3v) is 7.92. The highest BCUT2D eigenvalue weighted by Gasteiger charge is 2.43. The van der Waals surface area contributed by atoms with E-state index in [-0.39, 0.29) is 17.0 Å². The van der Waals surface area contributed by atoms with Crippen LogP contribution in [-0.4, -0.2) is 64.3 Å². The molecule has 29 heavy (non-hydrogen) atoms. The van der Waals surface area contributed by atoms with E-state index in [1.54, 1.807) is 10.7 Å². The first-order valence-electron chi connectivity index (χ1n) is 9.83. The average Bonchev–Trinajstić information content (AvgIpc) is 3.34. The van der Waals surface area contributed by atoms with Crippen LogP contribution in [0.25, 0.3) is 11.0 Å². The predicted molar refractivity (Wildman–Crippen MR) is 106 cm³/mol. The molecule has 0 radical (unpaired) electrons. The molecule has 3 heterocycles. The summed E-state index contributed by atoms with van der Waals surface area (Å²) >= 11 is 0. The zero-order chi connectivity index (χ0) is 20.0. The van der Waals surface area contributed by atoms with Crippen molar-refractivity contribution in [3.63, 3.8) is 0 Å². The summed E-state index contributed by atoms with van der Waals surface area (Å²) in [5.74, 6) is -0.716. The van der Waals surface area contributed by atoms with Crippen molar-refractivity contribution in [1.82, 2.24) is 24.2 Å². The predicted octanol–water partition coefficient (Wildman–Crippen LogP) is 2.11. The van der Waals surface area contributed by atoms with Crippen LogP contribution in [0, 0.1) is 5.82 Å². The maximum absolute atomic E-state index is 14.4. The fourth-order valence-corrected chi connectivity index (χ4v) is 6.25. The molecule has 2 atom stereocenters. The van der Waals surface area contributed by atoms with Gasteiger partial charge in [0, 0.05) is 19.1 Å². The van der Waals surface area contributed by atoms with Gasteiger partial charge in [0.15, 0.2) is 0 Å². The van der Waals surface area contributed by atoms with E-state index < -0.39 is 15.8 Å². The lowest BCUT2D eigenvalue weighted by Crippen LogP contribution is -2.59. The first kappa shape index (κ1) is 18.7. The highest BCUT2D eigenvalue weighted by molar-refractivity contribution is 7.89. The normalized spacial score (nSPS) is 23.5. The maximum Gasteiger partial charge on any atom is 0.246 e. The number of sulfonamides is 1. The Morgan fingerprint density at radius 3 is 2.72 bits per heavy atom. The van der Waals surface area contributed by atoms with E-state index in [4.69, 9.17) is 0 Å². The first-order valence-corrected chi connectivity index (χ1v) is 11.3. The molecule has 0 amide bonds. The van der Waals surface area contributed by atoms with Crippen LogP contribution in [0.2, 0.25) is 0 Å². The van der Waals surface area contributed by atoms with E-state index in [2.05, 4.69) is 15.2 Å². The Balaban J connectivity index is 1.53. The molecule has 1 aromatic heterocycles. The molecule has 0 N–H and O–H groups in total. The van der Waals surface area contributed by atoms with Crippen molar-refractivity contribution in [1.29, 1.82) is 0 Å². The topological polar surface area (TPSA) is 71.3 Å². The minimum atomic E-state index is -3.97. The second kappa shape index (κ2) is 7.16. The van der Waals surface area contributed by atoms with Gasteiger partial charge in [-0.25, -0.2) is 17.5 Å². The van der Waals surface area contributed by atoms with Gasteiger partial charge in [-0.3, -0.25) is 4.90 Å². The molecule has 3 aromatic rings. The summed E-state index contributed by atoms with van der Waals surface area (Å²) in [6.07, 6.45) is 2.01.